The van der Waals surface area contributed by atoms with Gasteiger partial charge in [0.25, 0.3) is 11.8 Å². The van der Waals surface area contributed by atoms with Crippen LogP contribution in [0.1, 0.15) is 219 Å². The third-order valence-corrected chi connectivity index (χ3v) is 15.2. The number of hydroxylamine groups is 2. The van der Waals surface area contributed by atoms with E-state index < -0.39 is 29.6 Å². The standard InChI is InChI=1S/C20H38N2O3S2.C12H24N4O3S.C12H17NO5S.C11H22N2O2S2/c21-22-20(25)17(16-19(24)13-7-3-9-15-27)10-4-1-5-11-18(23)12-6-2-8-14-26;13-15-11(18)6-5-9(12(19)16-14)8-10(17)4-2-1-3-7-20;1-9(14)19-8-4-2-3-5-12(17)18-13-10(15)6-7-11(13)16;12-13-11(15)9(5-7-17)8-10(14)4-2-1-3-6-16/h17,26-27H,1-16,21H2,(H,22,25);9,20H,1-8,13-14H2,(H,15,18)(H,16,19);2-8H2,1H3;9,16-17H,1-8,12H2,(H,13,15). The van der Waals surface area contributed by atoms with Crippen molar-refractivity contribution in [2.45, 2.75) is 219 Å². The maximum Gasteiger partial charge on any atom is 0.333 e. The van der Waals surface area contributed by atoms with Crippen molar-refractivity contribution < 1.29 is 62.4 Å². The minimum Gasteiger partial charge on any atom is -0.330 e. The highest BCUT2D eigenvalue weighted by molar-refractivity contribution is 8.13. The van der Waals surface area contributed by atoms with E-state index in [0.717, 1.165) is 138 Å². The van der Waals surface area contributed by atoms with Crippen LogP contribution in [0.5, 0.6) is 0 Å². The fourth-order valence-corrected chi connectivity index (χ4v) is 9.86. The molecule has 1 aliphatic rings. The number of nitrogens with one attached hydrogen (secondary N) is 4. The van der Waals surface area contributed by atoms with E-state index in [1.807, 2.05) is 10.9 Å². The molecule has 3 unspecified atom stereocenters. The molecule has 0 aromatic rings. The van der Waals surface area contributed by atoms with Gasteiger partial charge in [0.1, 0.15) is 23.1 Å². The van der Waals surface area contributed by atoms with E-state index in [1.165, 1.54) is 18.7 Å². The molecule has 1 fully saturated rings. The van der Waals surface area contributed by atoms with Crippen LogP contribution in [0.4, 0.5) is 0 Å². The number of imide groups is 1. The minimum atomic E-state index is -0.588. The molecule has 0 saturated carbocycles. The summed E-state index contributed by atoms with van der Waals surface area (Å²) in [6.07, 6.45) is 21.7. The zero-order valence-corrected chi connectivity index (χ0v) is 54.3. The maximum atomic E-state index is 12.1. The Bertz CT molecular complexity index is 1860. The van der Waals surface area contributed by atoms with Crippen molar-refractivity contribution in [1.29, 1.82) is 0 Å². The van der Waals surface area contributed by atoms with E-state index in [9.17, 15) is 57.5 Å². The highest BCUT2D eigenvalue weighted by Gasteiger charge is 2.32. The molecule has 0 bridgehead atoms. The Hall–Kier alpha value is -3.22. The number of thiol groups is 5. The molecule has 1 heterocycles. The highest BCUT2D eigenvalue weighted by atomic mass is 32.2. The van der Waals surface area contributed by atoms with Crippen LogP contribution < -0.4 is 45.1 Å². The van der Waals surface area contributed by atoms with E-state index in [2.05, 4.69) is 74.0 Å². The molecule has 0 radical (unpaired) electrons. The van der Waals surface area contributed by atoms with E-state index in [1.54, 1.807) is 0 Å². The second-order valence-corrected chi connectivity index (χ2v) is 23.4. The Kier molecular flexibility index (Phi) is 59.8. The van der Waals surface area contributed by atoms with Crippen LogP contribution in [-0.2, 0) is 62.4 Å². The van der Waals surface area contributed by atoms with Gasteiger partial charge in [0.2, 0.25) is 23.6 Å². The summed E-state index contributed by atoms with van der Waals surface area (Å²) in [5, 5.41) is 0.652. The van der Waals surface area contributed by atoms with Gasteiger partial charge >= 0.3 is 5.97 Å². The molecule has 1 saturated heterocycles. The molecule has 3 atom stereocenters. The van der Waals surface area contributed by atoms with Crippen molar-refractivity contribution in [2.24, 2.45) is 41.1 Å². The first-order valence-corrected chi connectivity index (χ1v) is 33.2. The van der Waals surface area contributed by atoms with Gasteiger partial charge in [-0.3, -0.25) is 74.4 Å². The number of rotatable bonds is 47. The Balaban J connectivity index is -0.00000104. The summed E-state index contributed by atoms with van der Waals surface area (Å²) in [7, 11) is 0. The number of unbranched alkanes of at least 4 members (excludes halogenated alkanes) is 12. The number of thioether (sulfide) groups is 1. The highest BCUT2D eigenvalue weighted by Crippen LogP contribution is 2.20. The number of amides is 6. The quantitative estimate of drug-likeness (QED) is 0.00756. The molecule has 0 aromatic heterocycles. The van der Waals surface area contributed by atoms with Crippen molar-refractivity contribution in [3.63, 3.8) is 0 Å². The smallest absolute Gasteiger partial charge is 0.330 e. The number of hydrogen-bond donors (Lipinski definition) is 13. The molecule has 0 aromatic carbocycles. The average Bonchev–Trinajstić information content (AvgIpc) is 3.82. The van der Waals surface area contributed by atoms with Crippen molar-refractivity contribution in [3.8, 4) is 0 Å². The Labute approximate surface area is 525 Å². The van der Waals surface area contributed by atoms with E-state index in [0.29, 0.717) is 68.0 Å². The van der Waals surface area contributed by atoms with Gasteiger partial charge in [-0.15, -0.1) is 5.06 Å². The van der Waals surface area contributed by atoms with Crippen LogP contribution >= 0.6 is 74.9 Å². The molecule has 28 heteroatoms. The topological polar surface area (TPSA) is 370 Å². The fraction of sp³-hybridized carbons (Fsp3) is 0.782. The average molecular weight is 1290 g/mol. The number of ketones is 4. The molecular weight excluding hydrogens is 1190 g/mol. The van der Waals surface area contributed by atoms with Crippen molar-refractivity contribution in [2.75, 3.05) is 34.5 Å². The van der Waals surface area contributed by atoms with Crippen molar-refractivity contribution >= 4 is 145 Å². The normalized spacial score (nSPS) is 12.6. The lowest BCUT2D eigenvalue weighted by atomic mass is 9.92. The Morgan fingerprint density at radius 2 is 0.783 bits per heavy atom. The molecule has 6 amide bonds. The molecule has 0 spiro atoms. The first-order chi connectivity index (χ1) is 39.7. The minimum absolute atomic E-state index is 0.00548. The largest absolute Gasteiger partial charge is 0.333 e. The molecule has 480 valence electrons. The van der Waals surface area contributed by atoms with Crippen molar-refractivity contribution in [3.05, 3.63) is 0 Å². The maximum absolute atomic E-state index is 12.1. The Morgan fingerprint density at radius 3 is 1.14 bits per heavy atom. The summed E-state index contributed by atoms with van der Waals surface area (Å²) in [5.74, 6) is 21.5. The lowest BCUT2D eigenvalue weighted by Crippen LogP contribution is -2.38. The number of carbonyl (C=O) groups excluding carboxylic acids is 12. The summed E-state index contributed by atoms with van der Waals surface area (Å²) in [6.45, 7) is 1.52. The number of hydrazine groups is 4. The third kappa shape index (κ3) is 51.7. The number of carbonyl (C=O) groups is 12. The van der Waals surface area contributed by atoms with Crippen molar-refractivity contribution in [1.82, 2.24) is 26.8 Å². The van der Waals surface area contributed by atoms with Gasteiger partial charge in [0.15, 0.2) is 5.12 Å². The molecular formula is C55H101N9O13S6. The van der Waals surface area contributed by atoms with Gasteiger partial charge in [0, 0.05) is 107 Å². The number of Topliss-reactive ketones (excluding diaryl/α,β-unsaturated/α-hetero) is 4. The zero-order valence-electron chi connectivity index (χ0n) is 49.0. The van der Waals surface area contributed by atoms with Gasteiger partial charge in [-0.05, 0) is 119 Å². The predicted molar refractivity (Wildman–Crippen MR) is 343 cm³/mol. The SMILES string of the molecule is CC(=O)SCCCCCC(=O)ON1C(=O)CCC1=O.NNC(=O)C(CCCCCC(=O)CCCCCS)CC(=O)CCCCCS.NNC(=O)C(CCS)CC(=O)CCCCCS.NNC(=O)CCC(CC(=O)CCCCCS)C(=O)NN. The Morgan fingerprint density at radius 1 is 0.434 bits per heavy atom. The summed E-state index contributed by atoms with van der Waals surface area (Å²) >= 11 is 21.9. The van der Waals surface area contributed by atoms with Gasteiger partial charge in [-0.2, -0.15) is 63.1 Å². The molecule has 12 N–H and O–H groups in total. The van der Waals surface area contributed by atoms with E-state index >= 15 is 0 Å². The van der Waals surface area contributed by atoms with E-state index in [-0.39, 0.29) is 103 Å². The summed E-state index contributed by atoms with van der Waals surface area (Å²) in [4.78, 5) is 142. The first-order valence-electron chi connectivity index (χ1n) is 29.1. The van der Waals surface area contributed by atoms with Crippen LogP contribution in [0.25, 0.3) is 0 Å². The number of hydrogen-bond acceptors (Lipinski definition) is 23. The second-order valence-electron chi connectivity index (χ2n) is 19.9. The van der Waals surface area contributed by atoms with Gasteiger partial charge in [0.05, 0.1) is 0 Å². The first kappa shape index (κ1) is 84.0. The second kappa shape index (κ2) is 59.1. The van der Waals surface area contributed by atoms with Crippen LogP contribution in [0, 0.1) is 17.8 Å². The number of nitrogens with zero attached hydrogens (tertiary/aromatic N) is 1. The lowest BCUT2D eigenvalue weighted by Gasteiger charge is -2.14. The van der Waals surface area contributed by atoms with E-state index in [4.69, 9.17) is 28.2 Å². The molecule has 0 aliphatic carbocycles. The van der Waals surface area contributed by atoms with Gasteiger partial charge in [-0.1, -0.05) is 56.7 Å². The lowest BCUT2D eigenvalue weighted by molar-refractivity contribution is -0.197. The van der Waals surface area contributed by atoms with Crippen LogP contribution in [0.15, 0.2) is 0 Å². The zero-order chi connectivity index (χ0) is 63.1. The van der Waals surface area contributed by atoms with Crippen LogP contribution in [-0.4, -0.2) is 109 Å². The fourth-order valence-electron chi connectivity index (χ4n) is 8.02. The summed E-state index contributed by atoms with van der Waals surface area (Å²) < 4.78 is 0. The predicted octanol–water partition coefficient (Wildman–Crippen LogP) is 6.66. The monoisotopic (exact) mass is 1290 g/mol. The molecule has 22 nitrogen and oxygen atoms in total. The third-order valence-electron chi connectivity index (χ3n) is 12.8. The van der Waals surface area contributed by atoms with Crippen LogP contribution in [0.2, 0.25) is 0 Å². The summed E-state index contributed by atoms with van der Waals surface area (Å²) in [5.41, 5.74) is 8.28. The molecule has 83 heavy (non-hydrogen) atoms. The summed E-state index contributed by atoms with van der Waals surface area (Å²) in [6, 6.07) is 0. The van der Waals surface area contributed by atoms with Crippen LogP contribution in [0.3, 0.4) is 0 Å². The van der Waals surface area contributed by atoms with Gasteiger partial charge < -0.3 is 4.84 Å². The molecule has 1 rings (SSSR count). The molecule has 1 aliphatic heterocycles. The number of nitrogens with two attached hydrogens (primary N) is 4. The van der Waals surface area contributed by atoms with Gasteiger partial charge in [-0.25, -0.2) is 28.2 Å².